The summed E-state index contributed by atoms with van der Waals surface area (Å²) < 4.78 is 34.1. The molecule has 1 N–H and O–H groups in total. The van der Waals surface area contributed by atoms with Crippen molar-refractivity contribution in [3.8, 4) is 11.5 Å². The molecule has 0 saturated heterocycles. The molecule has 0 spiro atoms. The van der Waals surface area contributed by atoms with Crippen LogP contribution in [0.25, 0.3) is 0 Å². The third-order valence-corrected chi connectivity index (χ3v) is 2.53. The predicted molar refractivity (Wildman–Crippen MR) is 59.3 cm³/mol. The zero-order valence-corrected chi connectivity index (χ0v) is 9.48. The Morgan fingerprint density at radius 2 is 2.11 bits per heavy atom. The highest BCUT2D eigenvalue weighted by atomic mass is 19.3. The molecule has 0 aromatic heterocycles. The molecule has 0 radical (unpaired) electrons. The highest BCUT2D eigenvalue weighted by Crippen LogP contribution is 2.42. The van der Waals surface area contributed by atoms with Gasteiger partial charge in [0.05, 0.1) is 0 Å². The molecule has 2 heterocycles. The molecular weight excluding hydrogens is 262 g/mol. The second kappa shape index (κ2) is 4.08. The van der Waals surface area contributed by atoms with E-state index >= 15 is 0 Å². The second-order valence-electron chi connectivity index (χ2n) is 3.90. The number of hydrogen-bond acceptors (Lipinski definition) is 5. The largest absolute Gasteiger partial charge is 0.586 e. The van der Waals surface area contributed by atoms with Gasteiger partial charge in [-0.3, -0.25) is 4.79 Å². The average Bonchev–Trinajstić information content (AvgIpc) is 2.93. The van der Waals surface area contributed by atoms with Crippen LogP contribution < -0.4 is 14.8 Å². The van der Waals surface area contributed by atoms with E-state index in [1.807, 2.05) is 0 Å². The highest BCUT2D eigenvalue weighted by Gasteiger charge is 2.43. The van der Waals surface area contributed by atoms with E-state index in [0.717, 1.165) is 0 Å². The Hall–Kier alpha value is -2.38. The van der Waals surface area contributed by atoms with Crippen LogP contribution in [0.1, 0.15) is 6.42 Å². The van der Waals surface area contributed by atoms with E-state index in [-0.39, 0.29) is 17.2 Å². The highest BCUT2D eigenvalue weighted by molar-refractivity contribution is 6.43. The van der Waals surface area contributed by atoms with Crippen LogP contribution in [0.5, 0.6) is 11.5 Å². The molecule has 1 amide bonds. The molecule has 19 heavy (non-hydrogen) atoms. The van der Waals surface area contributed by atoms with Gasteiger partial charge in [0.25, 0.3) is 5.91 Å². The minimum atomic E-state index is -3.67. The zero-order valence-electron chi connectivity index (χ0n) is 9.48. The van der Waals surface area contributed by atoms with Crippen molar-refractivity contribution in [3.63, 3.8) is 0 Å². The fourth-order valence-electron chi connectivity index (χ4n) is 1.70. The number of fused-ring (bicyclic) bond motifs is 1. The summed E-state index contributed by atoms with van der Waals surface area (Å²) >= 11 is 0. The van der Waals surface area contributed by atoms with Gasteiger partial charge in [-0.05, 0) is 12.1 Å². The van der Waals surface area contributed by atoms with Crippen molar-refractivity contribution in [2.75, 3.05) is 11.9 Å². The molecule has 3 rings (SSSR count). The molecule has 8 heteroatoms. The van der Waals surface area contributed by atoms with E-state index in [1.165, 1.54) is 18.2 Å². The second-order valence-corrected chi connectivity index (χ2v) is 3.90. The standard InChI is InChI=1S/C11H8F2N2O4/c12-11(13)18-8-2-1-6(5-9(8)19-11)14-10(16)7-3-4-17-15-7/h1-2,5H,3-4H2,(H,14,16). The Bertz CT molecular complexity index is 574. The number of benzene rings is 1. The molecule has 2 aliphatic heterocycles. The van der Waals surface area contributed by atoms with E-state index < -0.39 is 12.2 Å². The lowest BCUT2D eigenvalue weighted by atomic mass is 10.2. The smallest absolute Gasteiger partial charge is 0.395 e. The molecule has 0 atom stereocenters. The first-order valence-electron chi connectivity index (χ1n) is 5.44. The lowest BCUT2D eigenvalue weighted by Gasteiger charge is -2.05. The van der Waals surface area contributed by atoms with Crippen molar-refractivity contribution < 1.29 is 27.9 Å². The van der Waals surface area contributed by atoms with Gasteiger partial charge in [-0.25, -0.2) is 0 Å². The van der Waals surface area contributed by atoms with Gasteiger partial charge in [0.1, 0.15) is 12.3 Å². The van der Waals surface area contributed by atoms with Crippen LogP contribution in [0.2, 0.25) is 0 Å². The van der Waals surface area contributed by atoms with Gasteiger partial charge in [-0.1, -0.05) is 5.16 Å². The van der Waals surface area contributed by atoms with E-state index in [2.05, 4.69) is 19.9 Å². The monoisotopic (exact) mass is 270 g/mol. The first-order valence-corrected chi connectivity index (χ1v) is 5.44. The summed E-state index contributed by atoms with van der Waals surface area (Å²) in [7, 11) is 0. The normalized spacial score (nSPS) is 18.7. The van der Waals surface area contributed by atoms with Gasteiger partial charge in [0.2, 0.25) is 0 Å². The Kier molecular flexibility index (Phi) is 2.51. The summed E-state index contributed by atoms with van der Waals surface area (Å²) in [6, 6.07) is 3.97. The van der Waals surface area contributed by atoms with Gasteiger partial charge in [0.15, 0.2) is 11.5 Å². The first kappa shape index (κ1) is 11.7. The first-order chi connectivity index (χ1) is 9.03. The molecule has 0 fully saturated rings. The van der Waals surface area contributed by atoms with Crippen LogP contribution >= 0.6 is 0 Å². The van der Waals surface area contributed by atoms with E-state index in [9.17, 15) is 13.6 Å². The van der Waals surface area contributed by atoms with E-state index in [4.69, 9.17) is 4.84 Å². The number of hydrogen-bond donors (Lipinski definition) is 1. The third kappa shape index (κ3) is 2.28. The van der Waals surface area contributed by atoms with Crippen molar-refractivity contribution >= 4 is 17.3 Å². The fourth-order valence-corrected chi connectivity index (χ4v) is 1.70. The van der Waals surface area contributed by atoms with E-state index in [1.54, 1.807) is 0 Å². The van der Waals surface area contributed by atoms with Gasteiger partial charge >= 0.3 is 6.29 Å². The molecule has 0 saturated carbocycles. The number of nitrogens with one attached hydrogen (secondary N) is 1. The maximum absolute atomic E-state index is 12.8. The Labute approximate surface area is 105 Å². The van der Waals surface area contributed by atoms with Crippen molar-refractivity contribution in [1.29, 1.82) is 0 Å². The predicted octanol–water partition coefficient (Wildman–Crippen LogP) is 1.72. The number of oxime groups is 1. The molecule has 1 aromatic rings. The minimum absolute atomic E-state index is 0.0791. The number of rotatable bonds is 2. The number of amides is 1. The third-order valence-electron chi connectivity index (χ3n) is 2.53. The summed E-state index contributed by atoms with van der Waals surface area (Å²) in [5, 5.41) is 6.07. The SMILES string of the molecule is O=C(Nc1ccc2c(c1)OC(F)(F)O2)C1=NOCC1. The van der Waals surface area contributed by atoms with Gasteiger partial charge in [-0.2, -0.15) is 0 Å². The Morgan fingerprint density at radius 1 is 1.32 bits per heavy atom. The number of nitrogens with zero attached hydrogens (tertiary/aromatic N) is 1. The molecule has 0 bridgehead atoms. The summed E-state index contributed by atoms with van der Waals surface area (Å²) in [5.74, 6) is -0.653. The lowest BCUT2D eigenvalue weighted by Crippen LogP contribution is -2.25. The number of carbonyl (C=O) groups is 1. The maximum atomic E-state index is 12.8. The summed E-state index contributed by atoms with van der Waals surface area (Å²) in [5.41, 5.74) is 0.558. The van der Waals surface area contributed by atoms with Crippen molar-refractivity contribution in [1.82, 2.24) is 0 Å². The van der Waals surface area contributed by atoms with Crippen LogP contribution in [-0.2, 0) is 9.63 Å². The minimum Gasteiger partial charge on any atom is -0.395 e. The lowest BCUT2D eigenvalue weighted by molar-refractivity contribution is -0.286. The number of alkyl halides is 2. The molecule has 2 aliphatic rings. The maximum Gasteiger partial charge on any atom is 0.586 e. The molecule has 1 aromatic carbocycles. The fraction of sp³-hybridized carbons (Fsp3) is 0.273. The number of anilines is 1. The van der Waals surface area contributed by atoms with Gasteiger partial charge in [-0.15, -0.1) is 8.78 Å². The van der Waals surface area contributed by atoms with Crippen LogP contribution in [0.3, 0.4) is 0 Å². The van der Waals surface area contributed by atoms with Crippen LogP contribution in [0.4, 0.5) is 14.5 Å². The van der Waals surface area contributed by atoms with Crippen LogP contribution in [-0.4, -0.2) is 24.5 Å². The van der Waals surface area contributed by atoms with Gasteiger partial charge < -0.3 is 19.6 Å². The molecule has 0 unspecified atom stereocenters. The summed E-state index contributed by atoms with van der Waals surface area (Å²) in [6.07, 6.45) is -3.26. The Balaban J connectivity index is 1.75. The molecule has 100 valence electrons. The molecular formula is C11H8F2N2O4. The summed E-state index contributed by atoms with van der Waals surface area (Å²) in [4.78, 5) is 16.4. The van der Waals surface area contributed by atoms with Crippen molar-refractivity contribution in [2.45, 2.75) is 12.7 Å². The number of ether oxygens (including phenoxy) is 2. The Morgan fingerprint density at radius 3 is 2.84 bits per heavy atom. The topological polar surface area (TPSA) is 69.2 Å². The van der Waals surface area contributed by atoms with Crippen LogP contribution in [0, 0.1) is 0 Å². The van der Waals surface area contributed by atoms with Crippen LogP contribution in [0.15, 0.2) is 23.4 Å². The summed E-state index contributed by atoms with van der Waals surface area (Å²) in [6.45, 7) is 0.357. The number of carbonyl (C=O) groups excluding carboxylic acids is 1. The molecule has 6 nitrogen and oxygen atoms in total. The molecule has 0 aliphatic carbocycles. The zero-order chi connectivity index (χ0) is 13.5. The van der Waals surface area contributed by atoms with Gasteiger partial charge in [0, 0.05) is 18.2 Å². The van der Waals surface area contributed by atoms with Crippen molar-refractivity contribution in [2.24, 2.45) is 5.16 Å². The van der Waals surface area contributed by atoms with E-state index in [0.29, 0.717) is 18.7 Å². The quantitative estimate of drug-likeness (QED) is 0.888. The average molecular weight is 270 g/mol. The van der Waals surface area contributed by atoms with Crippen molar-refractivity contribution in [3.05, 3.63) is 18.2 Å². The number of halogens is 2.